The number of hydrogen-bond acceptors (Lipinski definition) is 9. The SMILES string of the molecule is C[C@H](NC(=O)[C@H](CO)NC(=O)CNC(=O)CNC(=O)CN)C(=O)N[C@@H](CO)C(=O)O. The lowest BCUT2D eigenvalue weighted by Gasteiger charge is -2.21. The molecule has 0 aliphatic rings. The monoisotopic (exact) mass is 434 g/mol. The molecule has 15 nitrogen and oxygen atoms in total. The molecule has 30 heavy (non-hydrogen) atoms. The van der Waals surface area contributed by atoms with Gasteiger partial charge in [0, 0.05) is 0 Å². The van der Waals surface area contributed by atoms with E-state index in [0.29, 0.717) is 0 Å². The van der Waals surface area contributed by atoms with Crippen LogP contribution in [-0.4, -0.2) is 102 Å². The van der Waals surface area contributed by atoms with Crippen LogP contribution in [0.25, 0.3) is 0 Å². The van der Waals surface area contributed by atoms with Crippen LogP contribution in [0, 0.1) is 0 Å². The lowest BCUT2D eigenvalue weighted by atomic mass is 10.2. The predicted octanol–water partition coefficient (Wildman–Crippen LogP) is -6.28. The van der Waals surface area contributed by atoms with Gasteiger partial charge in [-0.3, -0.25) is 24.0 Å². The first kappa shape index (κ1) is 26.7. The van der Waals surface area contributed by atoms with Crippen molar-refractivity contribution in [2.45, 2.75) is 25.0 Å². The van der Waals surface area contributed by atoms with Crippen molar-refractivity contribution >= 4 is 35.5 Å². The van der Waals surface area contributed by atoms with E-state index in [1.807, 2.05) is 5.32 Å². The van der Waals surface area contributed by atoms with Crippen molar-refractivity contribution in [1.82, 2.24) is 26.6 Å². The van der Waals surface area contributed by atoms with Gasteiger partial charge in [0.25, 0.3) is 0 Å². The number of hydrogen-bond donors (Lipinski definition) is 9. The third-order valence-corrected chi connectivity index (χ3v) is 3.46. The zero-order valence-electron chi connectivity index (χ0n) is 16.1. The highest BCUT2D eigenvalue weighted by molar-refractivity contribution is 5.94. The average Bonchev–Trinajstić information content (AvgIpc) is 2.71. The van der Waals surface area contributed by atoms with E-state index >= 15 is 0 Å². The third-order valence-electron chi connectivity index (χ3n) is 3.46. The summed E-state index contributed by atoms with van der Waals surface area (Å²) in [4.78, 5) is 68.9. The summed E-state index contributed by atoms with van der Waals surface area (Å²) in [5.41, 5.74) is 5.04. The van der Waals surface area contributed by atoms with Crippen molar-refractivity contribution < 1.29 is 44.1 Å². The van der Waals surface area contributed by atoms with E-state index in [-0.39, 0.29) is 6.54 Å². The zero-order valence-corrected chi connectivity index (χ0v) is 16.1. The molecule has 0 aromatic carbocycles. The second-order valence-electron chi connectivity index (χ2n) is 5.87. The Bertz CT molecular complexity index is 657. The van der Waals surface area contributed by atoms with E-state index in [4.69, 9.17) is 15.9 Å². The van der Waals surface area contributed by atoms with E-state index in [0.717, 1.165) is 0 Å². The normalized spacial score (nSPS) is 13.2. The molecule has 0 radical (unpaired) electrons. The maximum atomic E-state index is 12.1. The Hall–Kier alpha value is -3.30. The summed E-state index contributed by atoms with van der Waals surface area (Å²) in [6.07, 6.45) is 0. The van der Waals surface area contributed by atoms with E-state index in [1.165, 1.54) is 6.92 Å². The fourth-order valence-corrected chi connectivity index (χ4v) is 1.79. The molecule has 0 spiro atoms. The second-order valence-corrected chi connectivity index (χ2v) is 5.87. The standard InChI is InChI=1S/C15H26N6O9/c1-7(13(27)21-9(6-23)15(29)30)19-14(28)8(5-22)20-12(26)4-18-11(25)3-17-10(24)2-16/h7-9,22-23H,2-6,16H2,1H3,(H,17,24)(H,18,25)(H,19,28)(H,20,26)(H,21,27)(H,29,30)/t7-,8-,9-/m0/s1. The molecule has 0 aliphatic heterocycles. The Balaban J connectivity index is 4.53. The molecule has 0 saturated heterocycles. The first-order valence-electron chi connectivity index (χ1n) is 8.63. The van der Waals surface area contributed by atoms with Gasteiger partial charge in [0.05, 0.1) is 32.8 Å². The number of amides is 5. The summed E-state index contributed by atoms with van der Waals surface area (Å²) < 4.78 is 0. The Morgan fingerprint density at radius 1 is 0.767 bits per heavy atom. The Kier molecular flexibility index (Phi) is 12.3. The van der Waals surface area contributed by atoms with Gasteiger partial charge in [-0.2, -0.15) is 0 Å². The van der Waals surface area contributed by atoms with Crippen molar-refractivity contribution in [2.24, 2.45) is 5.73 Å². The first-order valence-corrected chi connectivity index (χ1v) is 8.63. The summed E-state index contributed by atoms with van der Waals surface area (Å²) in [7, 11) is 0. The van der Waals surface area contributed by atoms with E-state index in [2.05, 4.69) is 21.3 Å². The largest absolute Gasteiger partial charge is 0.480 e. The zero-order chi connectivity index (χ0) is 23.3. The molecule has 0 saturated carbocycles. The van der Waals surface area contributed by atoms with Crippen LogP contribution in [0.15, 0.2) is 0 Å². The molecule has 0 aromatic heterocycles. The second kappa shape index (κ2) is 13.8. The van der Waals surface area contributed by atoms with E-state index in [9.17, 15) is 33.9 Å². The summed E-state index contributed by atoms with van der Waals surface area (Å²) in [5, 5.41) is 37.5. The highest BCUT2D eigenvalue weighted by Gasteiger charge is 2.26. The smallest absolute Gasteiger partial charge is 0.328 e. The number of carbonyl (C=O) groups is 6. The summed E-state index contributed by atoms with van der Waals surface area (Å²) >= 11 is 0. The summed E-state index contributed by atoms with van der Waals surface area (Å²) in [5.74, 6) is -5.45. The third kappa shape index (κ3) is 10.3. The van der Waals surface area contributed by atoms with Crippen LogP contribution in [0.2, 0.25) is 0 Å². The van der Waals surface area contributed by atoms with Gasteiger partial charge in [-0.15, -0.1) is 0 Å². The molecule has 0 rings (SSSR count). The van der Waals surface area contributed by atoms with Crippen LogP contribution >= 0.6 is 0 Å². The van der Waals surface area contributed by atoms with Crippen molar-refractivity contribution in [3.63, 3.8) is 0 Å². The molecule has 5 amide bonds. The van der Waals surface area contributed by atoms with Crippen molar-refractivity contribution in [3.05, 3.63) is 0 Å². The topological polar surface area (TPSA) is 249 Å². The quantitative estimate of drug-likeness (QED) is 0.132. The highest BCUT2D eigenvalue weighted by Crippen LogP contribution is 1.91. The fourth-order valence-electron chi connectivity index (χ4n) is 1.79. The number of rotatable bonds is 13. The first-order chi connectivity index (χ1) is 14.0. The fraction of sp³-hybridized carbons (Fsp3) is 0.600. The number of aliphatic carboxylic acids is 1. The number of carboxylic acids is 1. The molecule has 0 unspecified atom stereocenters. The van der Waals surface area contributed by atoms with Crippen LogP contribution in [-0.2, 0) is 28.8 Å². The number of carboxylic acid groups (broad SMARTS) is 1. The van der Waals surface area contributed by atoms with Crippen LogP contribution in [0.5, 0.6) is 0 Å². The molecule has 0 heterocycles. The van der Waals surface area contributed by atoms with Crippen molar-refractivity contribution in [3.8, 4) is 0 Å². The molecular weight excluding hydrogens is 408 g/mol. The van der Waals surface area contributed by atoms with Crippen LogP contribution < -0.4 is 32.3 Å². The van der Waals surface area contributed by atoms with Crippen LogP contribution in [0.1, 0.15) is 6.92 Å². The van der Waals surface area contributed by atoms with Crippen LogP contribution in [0.4, 0.5) is 0 Å². The summed E-state index contributed by atoms with van der Waals surface area (Å²) in [6.45, 7) is -1.76. The Morgan fingerprint density at radius 2 is 1.30 bits per heavy atom. The highest BCUT2D eigenvalue weighted by atomic mass is 16.4. The molecule has 15 heteroatoms. The van der Waals surface area contributed by atoms with Gasteiger partial charge in [-0.05, 0) is 6.92 Å². The number of aliphatic hydroxyl groups excluding tert-OH is 2. The van der Waals surface area contributed by atoms with Crippen LogP contribution in [0.3, 0.4) is 0 Å². The number of nitrogens with one attached hydrogen (secondary N) is 5. The molecular formula is C15H26N6O9. The number of nitrogens with two attached hydrogens (primary N) is 1. The number of carbonyl (C=O) groups excluding carboxylic acids is 5. The van der Waals surface area contributed by atoms with E-state index < -0.39 is 79.9 Å². The minimum atomic E-state index is -1.57. The summed E-state index contributed by atoms with van der Waals surface area (Å²) in [6, 6.07) is -4.28. The van der Waals surface area contributed by atoms with Gasteiger partial charge in [0.1, 0.15) is 18.1 Å². The van der Waals surface area contributed by atoms with Gasteiger partial charge in [0.15, 0.2) is 0 Å². The Labute approximate surface area is 170 Å². The van der Waals surface area contributed by atoms with Gasteiger partial charge in [0.2, 0.25) is 29.5 Å². The molecule has 0 aromatic rings. The lowest BCUT2D eigenvalue weighted by molar-refractivity contribution is -0.143. The van der Waals surface area contributed by atoms with Gasteiger partial charge < -0.3 is 47.6 Å². The minimum absolute atomic E-state index is 0.311. The number of aliphatic hydroxyl groups is 2. The maximum absolute atomic E-state index is 12.1. The average molecular weight is 434 g/mol. The maximum Gasteiger partial charge on any atom is 0.328 e. The predicted molar refractivity (Wildman–Crippen MR) is 98.3 cm³/mol. The minimum Gasteiger partial charge on any atom is -0.480 e. The van der Waals surface area contributed by atoms with Gasteiger partial charge in [-0.25, -0.2) is 4.79 Å². The molecule has 170 valence electrons. The van der Waals surface area contributed by atoms with E-state index in [1.54, 1.807) is 0 Å². The van der Waals surface area contributed by atoms with Gasteiger partial charge >= 0.3 is 5.97 Å². The molecule has 0 fully saturated rings. The molecule has 0 bridgehead atoms. The molecule has 0 aliphatic carbocycles. The molecule has 3 atom stereocenters. The van der Waals surface area contributed by atoms with Gasteiger partial charge in [-0.1, -0.05) is 0 Å². The Morgan fingerprint density at radius 3 is 1.80 bits per heavy atom. The lowest BCUT2D eigenvalue weighted by Crippen LogP contribution is -2.57. The van der Waals surface area contributed by atoms with Crippen molar-refractivity contribution in [1.29, 1.82) is 0 Å². The molecule has 10 N–H and O–H groups in total. The van der Waals surface area contributed by atoms with Crippen molar-refractivity contribution in [2.75, 3.05) is 32.8 Å².